The molecule has 0 aromatic rings. The van der Waals surface area contributed by atoms with Crippen molar-refractivity contribution in [2.24, 2.45) is 35.5 Å². The Kier molecular flexibility index (Phi) is 2.69. The van der Waals surface area contributed by atoms with Crippen molar-refractivity contribution in [2.75, 3.05) is 6.61 Å². The zero-order valence-corrected chi connectivity index (χ0v) is 10.2. The lowest BCUT2D eigenvalue weighted by molar-refractivity contribution is -0.171. The van der Waals surface area contributed by atoms with Crippen molar-refractivity contribution in [2.45, 2.75) is 12.8 Å². The second-order valence-electron chi connectivity index (χ2n) is 5.58. The van der Waals surface area contributed by atoms with Gasteiger partial charge in [-0.25, -0.2) is 0 Å². The molecule has 2 aliphatic carbocycles. The van der Waals surface area contributed by atoms with Crippen LogP contribution in [-0.4, -0.2) is 31.3 Å². The van der Waals surface area contributed by atoms with E-state index in [1.54, 1.807) is 0 Å². The summed E-state index contributed by atoms with van der Waals surface area (Å²) in [5, 5.41) is 0. The number of cyclic esters (lactones) is 3. The average molecular weight is 266 g/mol. The maximum absolute atomic E-state index is 11.7. The molecular formula is C13H14O6. The Labute approximate surface area is 109 Å². The van der Waals surface area contributed by atoms with Crippen LogP contribution in [0.2, 0.25) is 0 Å². The number of hydrogen-bond acceptors (Lipinski definition) is 6. The van der Waals surface area contributed by atoms with E-state index in [0.717, 1.165) is 6.42 Å². The molecule has 0 spiro atoms. The number of esters is 3. The van der Waals surface area contributed by atoms with Gasteiger partial charge in [0.1, 0.15) is 6.79 Å². The molecule has 4 aliphatic rings. The van der Waals surface area contributed by atoms with Gasteiger partial charge in [-0.3, -0.25) is 14.4 Å². The van der Waals surface area contributed by atoms with E-state index in [-0.39, 0.29) is 41.5 Å². The van der Waals surface area contributed by atoms with Gasteiger partial charge in [0.2, 0.25) is 0 Å². The van der Waals surface area contributed by atoms with Gasteiger partial charge in [-0.05, 0) is 30.6 Å². The molecule has 6 unspecified atom stereocenters. The number of carbonyl (C=O) groups is 4. The zero-order valence-electron chi connectivity index (χ0n) is 10.2. The number of fused-ring (bicyclic) bond motifs is 9. The van der Waals surface area contributed by atoms with Crippen LogP contribution < -0.4 is 0 Å². The van der Waals surface area contributed by atoms with Crippen LogP contribution in [0.3, 0.4) is 0 Å². The molecule has 6 heteroatoms. The third kappa shape index (κ3) is 1.49. The highest BCUT2D eigenvalue weighted by molar-refractivity contribution is 5.93. The first kappa shape index (κ1) is 12.3. The van der Waals surface area contributed by atoms with Crippen LogP contribution in [0.15, 0.2) is 0 Å². The van der Waals surface area contributed by atoms with E-state index < -0.39 is 11.9 Å². The molecule has 0 radical (unpaired) electrons. The minimum atomic E-state index is -0.431. The molecule has 4 fully saturated rings. The molecule has 19 heavy (non-hydrogen) atoms. The van der Waals surface area contributed by atoms with Crippen LogP contribution in [-0.2, 0) is 28.7 Å². The highest BCUT2D eigenvalue weighted by Crippen LogP contribution is 2.60. The van der Waals surface area contributed by atoms with Crippen LogP contribution in [0.25, 0.3) is 0 Å². The topological polar surface area (TPSA) is 86.7 Å². The molecule has 2 aliphatic heterocycles. The number of hydrogen-bond donors (Lipinski definition) is 0. The van der Waals surface area contributed by atoms with Crippen molar-refractivity contribution in [1.29, 1.82) is 0 Å². The van der Waals surface area contributed by atoms with E-state index in [4.69, 9.17) is 14.3 Å². The van der Waals surface area contributed by atoms with Crippen molar-refractivity contribution < 1.29 is 28.7 Å². The van der Waals surface area contributed by atoms with Gasteiger partial charge in [0.05, 0.1) is 24.4 Å². The van der Waals surface area contributed by atoms with Crippen molar-refractivity contribution in [3.63, 3.8) is 0 Å². The highest BCUT2D eigenvalue weighted by Gasteiger charge is 2.65. The van der Waals surface area contributed by atoms with Gasteiger partial charge in [0.25, 0.3) is 0 Å². The van der Waals surface area contributed by atoms with E-state index in [1.807, 2.05) is 6.79 Å². The molecule has 2 heterocycles. The van der Waals surface area contributed by atoms with E-state index in [9.17, 15) is 14.4 Å². The lowest BCUT2D eigenvalue weighted by atomic mass is 9.84. The van der Waals surface area contributed by atoms with Crippen LogP contribution >= 0.6 is 0 Å². The van der Waals surface area contributed by atoms with E-state index in [1.165, 1.54) is 0 Å². The molecule has 0 aromatic heterocycles. The summed E-state index contributed by atoms with van der Waals surface area (Å²) < 4.78 is 9.91. The second kappa shape index (κ2) is 4.15. The molecular weight excluding hydrogens is 252 g/mol. The van der Waals surface area contributed by atoms with Crippen LogP contribution in [0, 0.1) is 35.5 Å². The molecule has 6 atom stereocenters. The lowest BCUT2D eigenvalue weighted by Gasteiger charge is -2.26. The van der Waals surface area contributed by atoms with E-state index in [2.05, 4.69) is 0 Å². The SMILES string of the molecule is C=O.O=C1OC(=O)C2CC1C1C3COC(=O)C(C3)C21. The van der Waals surface area contributed by atoms with Crippen LogP contribution in [0.4, 0.5) is 0 Å². The third-order valence-electron chi connectivity index (χ3n) is 5.00. The first-order valence-electron chi connectivity index (χ1n) is 6.38. The number of carbonyl (C=O) groups excluding carboxylic acids is 4. The Morgan fingerprint density at radius 3 is 2.11 bits per heavy atom. The maximum atomic E-state index is 11.7. The Balaban J connectivity index is 0.000000528. The minimum Gasteiger partial charge on any atom is -0.465 e. The molecule has 2 saturated carbocycles. The van der Waals surface area contributed by atoms with E-state index in [0.29, 0.717) is 13.0 Å². The fraction of sp³-hybridized carbons (Fsp3) is 0.692. The number of ether oxygens (including phenoxy) is 2. The summed E-state index contributed by atoms with van der Waals surface area (Å²) in [6, 6.07) is 0. The van der Waals surface area contributed by atoms with Gasteiger partial charge >= 0.3 is 17.9 Å². The average Bonchev–Trinajstić information content (AvgIpc) is 2.91. The molecule has 0 aromatic carbocycles. The largest absolute Gasteiger partial charge is 0.465 e. The third-order valence-corrected chi connectivity index (χ3v) is 5.00. The van der Waals surface area contributed by atoms with Crippen LogP contribution in [0.5, 0.6) is 0 Å². The van der Waals surface area contributed by atoms with Crippen molar-refractivity contribution in [1.82, 2.24) is 0 Å². The first-order valence-corrected chi connectivity index (χ1v) is 6.38. The summed E-state index contributed by atoms with van der Waals surface area (Å²) in [5.74, 6) is -1.30. The zero-order chi connectivity index (χ0) is 13.7. The molecule has 2 saturated heterocycles. The van der Waals surface area contributed by atoms with Crippen molar-refractivity contribution >= 4 is 24.7 Å². The van der Waals surface area contributed by atoms with Crippen molar-refractivity contribution in [3.8, 4) is 0 Å². The predicted molar refractivity (Wildman–Crippen MR) is 59.4 cm³/mol. The van der Waals surface area contributed by atoms with Crippen LogP contribution in [0.1, 0.15) is 12.8 Å². The Bertz CT molecular complexity index is 458. The van der Waals surface area contributed by atoms with Gasteiger partial charge in [0, 0.05) is 0 Å². The Morgan fingerprint density at radius 1 is 0.842 bits per heavy atom. The van der Waals surface area contributed by atoms with Gasteiger partial charge in [-0.15, -0.1) is 0 Å². The minimum absolute atomic E-state index is 0.0149. The molecule has 6 nitrogen and oxygen atoms in total. The second-order valence-corrected chi connectivity index (χ2v) is 5.58. The van der Waals surface area contributed by atoms with Gasteiger partial charge < -0.3 is 14.3 Å². The molecule has 0 N–H and O–H groups in total. The number of rotatable bonds is 0. The standard InChI is InChI=1S/C12H12O5.CH2O/c13-10-5-1-4(3-16-10)8-6-2-7(9(5)8)12(15)17-11(6)14;1-2/h4-9H,1-3H2;1H2. The molecule has 102 valence electrons. The molecule has 0 amide bonds. The molecule has 4 rings (SSSR count). The van der Waals surface area contributed by atoms with Gasteiger partial charge in [-0.2, -0.15) is 0 Å². The smallest absolute Gasteiger partial charge is 0.316 e. The summed E-state index contributed by atoms with van der Waals surface area (Å²) in [4.78, 5) is 43.1. The summed E-state index contributed by atoms with van der Waals surface area (Å²) in [6.45, 7) is 2.40. The fourth-order valence-electron chi connectivity index (χ4n) is 4.44. The Hall–Kier alpha value is -1.72. The monoisotopic (exact) mass is 266 g/mol. The molecule has 4 bridgehead atoms. The maximum Gasteiger partial charge on any atom is 0.316 e. The van der Waals surface area contributed by atoms with Crippen molar-refractivity contribution in [3.05, 3.63) is 0 Å². The summed E-state index contributed by atoms with van der Waals surface area (Å²) >= 11 is 0. The Morgan fingerprint density at radius 2 is 1.42 bits per heavy atom. The lowest BCUT2D eigenvalue weighted by Crippen LogP contribution is -2.36. The highest BCUT2D eigenvalue weighted by atomic mass is 16.6. The summed E-state index contributed by atoms with van der Waals surface area (Å²) in [5.41, 5.74) is 0. The quantitative estimate of drug-likeness (QED) is 0.347. The normalized spacial score (nSPS) is 45.8. The van der Waals surface area contributed by atoms with Gasteiger partial charge in [0.15, 0.2) is 0 Å². The van der Waals surface area contributed by atoms with E-state index >= 15 is 0 Å². The summed E-state index contributed by atoms with van der Waals surface area (Å²) in [6.07, 6.45) is 1.36. The first-order chi connectivity index (χ1) is 9.16. The fourth-order valence-corrected chi connectivity index (χ4v) is 4.44. The summed E-state index contributed by atoms with van der Waals surface area (Å²) in [7, 11) is 0. The van der Waals surface area contributed by atoms with Gasteiger partial charge in [-0.1, -0.05) is 0 Å². The predicted octanol–water partition coefficient (Wildman–Crippen LogP) is -0.0537.